The lowest BCUT2D eigenvalue weighted by atomic mass is 10.6. The zero-order valence-corrected chi connectivity index (χ0v) is 12.8. The van der Waals surface area contributed by atoms with Gasteiger partial charge in [-0.2, -0.15) is 8.42 Å². The Hall–Kier alpha value is -1.65. The topological polar surface area (TPSA) is 88.4 Å². The van der Waals surface area contributed by atoms with Crippen LogP contribution in [-0.2, 0) is 10.0 Å². The Kier molecular flexibility index (Phi) is 3.36. The van der Waals surface area contributed by atoms with Crippen LogP contribution in [0.25, 0.3) is 4.96 Å². The summed E-state index contributed by atoms with van der Waals surface area (Å²) in [5.74, 6) is 0.350. The maximum absolute atomic E-state index is 12.5. The number of hydrogen-bond acceptors (Lipinski definition) is 7. The molecule has 0 atom stereocenters. The molecule has 0 spiro atoms. The van der Waals surface area contributed by atoms with Crippen molar-refractivity contribution in [1.82, 2.24) is 14.4 Å². The van der Waals surface area contributed by atoms with Crippen LogP contribution in [0.4, 0.5) is 10.9 Å². The van der Waals surface area contributed by atoms with E-state index in [1.165, 1.54) is 22.7 Å². The van der Waals surface area contributed by atoms with E-state index in [0.717, 1.165) is 0 Å². The van der Waals surface area contributed by atoms with Crippen molar-refractivity contribution in [3.63, 3.8) is 0 Å². The minimum absolute atomic E-state index is 0.103. The molecule has 0 radical (unpaired) electrons. The van der Waals surface area contributed by atoms with Crippen LogP contribution in [0.3, 0.4) is 0 Å². The highest BCUT2D eigenvalue weighted by Gasteiger charge is 2.26. The number of sulfonamides is 1. The van der Waals surface area contributed by atoms with Gasteiger partial charge in [-0.25, -0.2) is 9.97 Å². The number of nitrogens with one attached hydrogen (secondary N) is 2. The summed E-state index contributed by atoms with van der Waals surface area (Å²) in [6.07, 6.45) is 3.23. The monoisotopic (exact) mass is 329 g/mol. The highest BCUT2D eigenvalue weighted by atomic mass is 32.2. The molecule has 3 aromatic rings. The normalized spacial score (nSPS) is 11.8. The molecule has 3 aromatic heterocycles. The fourth-order valence-electron chi connectivity index (χ4n) is 1.74. The van der Waals surface area contributed by atoms with Crippen molar-refractivity contribution in [2.75, 3.05) is 16.6 Å². The number of nitrogens with zero attached hydrogens (tertiary/aromatic N) is 3. The molecule has 2 N–H and O–H groups in total. The second-order valence-corrected chi connectivity index (χ2v) is 7.16. The lowest BCUT2D eigenvalue weighted by Gasteiger charge is -2.07. The van der Waals surface area contributed by atoms with Crippen LogP contribution in [0.2, 0.25) is 0 Å². The number of imidazole rings is 1. The van der Waals surface area contributed by atoms with E-state index in [1.54, 1.807) is 27.6 Å². The first-order valence-corrected chi connectivity index (χ1v) is 8.98. The third-order valence-electron chi connectivity index (χ3n) is 2.47. The predicted molar refractivity (Wildman–Crippen MR) is 80.2 cm³/mol. The summed E-state index contributed by atoms with van der Waals surface area (Å²) in [6.45, 7) is 2.47. The lowest BCUT2D eigenvalue weighted by Crippen LogP contribution is -2.16. The van der Waals surface area contributed by atoms with Gasteiger partial charge in [0.15, 0.2) is 15.9 Å². The molecule has 106 valence electrons. The third kappa shape index (κ3) is 2.25. The molecule has 0 amide bonds. The van der Waals surface area contributed by atoms with Crippen LogP contribution < -0.4 is 10.0 Å². The average molecular weight is 329 g/mol. The molecule has 0 aliphatic rings. The molecule has 0 aliphatic carbocycles. The molecule has 0 saturated heterocycles. The maximum atomic E-state index is 12.5. The minimum Gasteiger partial charge on any atom is -0.368 e. The highest BCUT2D eigenvalue weighted by Crippen LogP contribution is 2.27. The Morgan fingerprint density at radius 2 is 2.20 bits per heavy atom. The van der Waals surface area contributed by atoms with E-state index >= 15 is 0 Å². The van der Waals surface area contributed by atoms with E-state index in [2.05, 4.69) is 20.0 Å². The highest BCUT2D eigenvalue weighted by molar-refractivity contribution is 7.93. The van der Waals surface area contributed by atoms with Crippen molar-refractivity contribution in [3.8, 4) is 0 Å². The van der Waals surface area contributed by atoms with E-state index < -0.39 is 10.0 Å². The summed E-state index contributed by atoms with van der Waals surface area (Å²) in [6, 6.07) is 0. The Balaban J connectivity index is 2.11. The summed E-state index contributed by atoms with van der Waals surface area (Å²) in [5.41, 5.74) is 0. The third-order valence-corrected chi connectivity index (χ3v) is 5.41. The number of hydrogen-bond donors (Lipinski definition) is 2. The minimum atomic E-state index is -3.75. The van der Waals surface area contributed by atoms with Crippen molar-refractivity contribution >= 4 is 48.6 Å². The van der Waals surface area contributed by atoms with Crippen LogP contribution in [0.15, 0.2) is 28.2 Å². The fourth-order valence-corrected chi connectivity index (χ4v) is 4.57. The van der Waals surface area contributed by atoms with Crippen molar-refractivity contribution in [1.29, 1.82) is 0 Å². The van der Waals surface area contributed by atoms with Gasteiger partial charge in [-0.1, -0.05) is 0 Å². The van der Waals surface area contributed by atoms with Gasteiger partial charge in [-0.3, -0.25) is 9.12 Å². The van der Waals surface area contributed by atoms with Crippen molar-refractivity contribution in [2.45, 2.75) is 11.9 Å². The first-order valence-electron chi connectivity index (χ1n) is 5.73. The molecule has 20 heavy (non-hydrogen) atoms. The van der Waals surface area contributed by atoms with Crippen molar-refractivity contribution in [3.05, 3.63) is 23.2 Å². The van der Waals surface area contributed by atoms with Gasteiger partial charge in [-0.15, -0.1) is 22.7 Å². The van der Waals surface area contributed by atoms with Gasteiger partial charge in [0.25, 0.3) is 10.0 Å². The lowest BCUT2D eigenvalue weighted by molar-refractivity contribution is 0.597. The summed E-state index contributed by atoms with van der Waals surface area (Å²) >= 11 is 2.60. The Morgan fingerprint density at radius 1 is 1.35 bits per heavy atom. The summed E-state index contributed by atoms with van der Waals surface area (Å²) in [4.78, 5) is 8.85. The summed E-state index contributed by atoms with van der Waals surface area (Å²) < 4.78 is 29.1. The van der Waals surface area contributed by atoms with E-state index in [0.29, 0.717) is 22.5 Å². The SMILES string of the molecule is CCNc1nc2sccn2c1S(=O)(=O)Nc1nccs1. The standard InChI is InChI=1S/C10H11N5O2S3/c1-2-11-7-8(15-4-6-19-10(15)13-7)20(16,17)14-9-12-3-5-18-9/h3-6,11H,2H2,1H3,(H,12,14). The van der Waals surface area contributed by atoms with Crippen LogP contribution in [-0.4, -0.2) is 29.3 Å². The zero-order valence-electron chi connectivity index (χ0n) is 10.4. The second-order valence-electron chi connectivity index (χ2n) is 3.79. The van der Waals surface area contributed by atoms with Gasteiger partial charge in [0.2, 0.25) is 5.03 Å². The summed E-state index contributed by atoms with van der Waals surface area (Å²) in [5, 5.41) is 6.91. The van der Waals surface area contributed by atoms with Crippen LogP contribution >= 0.6 is 22.7 Å². The molecule has 0 saturated carbocycles. The maximum Gasteiger partial charge on any atom is 0.283 e. The van der Waals surface area contributed by atoms with Gasteiger partial charge >= 0.3 is 0 Å². The molecule has 7 nitrogen and oxygen atoms in total. The average Bonchev–Trinajstić information content (AvgIpc) is 3.04. The molecular formula is C10H11N5O2S3. The molecule has 0 unspecified atom stereocenters. The summed E-state index contributed by atoms with van der Waals surface area (Å²) in [7, 11) is -3.75. The second kappa shape index (κ2) is 5.04. The Morgan fingerprint density at radius 3 is 2.90 bits per heavy atom. The van der Waals surface area contributed by atoms with Crippen molar-refractivity contribution < 1.29 is 8.42 Å². The largest absolute Gasteiger partial charge is 0.368 e. The van der Waals surface area contributed by atoms with Crippen LogP contribution in [0.1, 0.15) is 6.92 Å². The fraction of sp³-hybridized carbons (Fsp3) is 0.200. The predicted octanol–water partition coefficient (Wildman–Crippen LogP) is 2.08. The quantitative estimate of drug-likeness (QED) is 0.748. The van der Waals surface area contributed by atoms with Gasteiger partial charge in [0.1, 0.15) is 0 Å². The number of thiazole rings is 2. The van der Waals surface area contributed by atoms with Crippen LogP contribution in [0.5, 0.6) is 0 Å². The van der Waals surface area contributed by atoms with Crippen molar-refractivity contribution in [2.24, 2.45) is 0 Å². The molecule has 10 heteroatoms. The van der Waals surface area contributed by atoms with E-state index in [1.807, 2.05) is 6.92 Å². The Labute approximate surface area is 123 Å². The molecular weight excluding hydrogens is 318 g/mol. The number of aromatic nitrogens is 3. The van der Waals surface area contributed by atoms with E-state index in [9.17, 15) is 8.42 Å². The molecule has 3 rings (SSSR count). The van der Waals surface area contributed by atoms with Gasteiger partial charge < -0.3 is 5.32 Å². The molecule has 0 bridgehead atoms. The Bertz CT molecular complexity index is 818. The number of rotatable bonds is 5. The number of anilines is 2. The number of fused-ring (bicyclic) bond motifs is 1. The smallest absolute Gasteiger partial charge is 0.283 e. The molecule has 3 heterocycles. The molecule has 0 aromatic carbocycles. The van der Waals surface area contributed by atoms with Gasteiger partial charge in [-0.05, 0) is 6.92 Å². The zero-order chi connectivity index (χ0) is 14.2. The van der Waals surface area contributed by atoms with Gasteiger partial charge in [0.05, 0.1) is 0 Å². The molecule has 0 fully saturated rings. The van der Waals surface area contributed by atoms with Gasteiger partial charge in [0, 0.05) is 29.7 Å². The van der Waals surface area contributed by atoms with Crippen LogP contribution in [0, 0.1) is 0 Å². The first-order chi connectivity index (χ1) is 9.62. The molecule has 0 aliphatic heterocycles. The first kappa shape index (κ1) is 13.3. The van der Waals surface area contributed by atoms with E-state index in [4.69, 9.17) is 0 Å². The van der Waals surface area contributed by atoms with E-state index in [-0.39, 0.29) is 5.03 Å².